The Kier molecular flexibility index (Phi) is 3.80. The third kappa shape index (κ3) is 3.05. The molecule has 0 heterocycles. The lowest BCUT2D eigenvalue weighted by atomic mass is 10.1. The summed E-state index contributed by atoms with van der Waals surface area (Å²) in [5, 5.41) is 20.6. The van der Waals surface area contributed by atoms with Crippen LogP contribution < -0.4 is 11.2 Å². The van der Waals surface area contributed by atoms with E-state index < -0.39 is 5.91 Å². The van der Waals surface area contributed by atoms with Crippen molar-refractivity contribution in [1.82, 2.24) is 0 Å². The van der Waals surface area contributed by atoms with E-state index in [1.807, 2.05) is 0 Å². The minimum absolute atomic E-state index is 0.275. The van der Waals surface area contributed by atoms with Crippen LogP contribution in [0.5, 0.6) is 0 Å². The summed E-state index contributed by atoms with van der Waals surface area (Å²) in [6, 6.07) is 7.98. The number of hydrazone groups is 1. The highest BCUT2D eigenvalue weighted by Crippen LogP contribution is 2.16. The molecule has 1 rings (SSSR count). The largest absolute Gasteiger partial charge is 0.366 e. The molecule has 0 aliphatic heterocycles. The Hall–Kier alpha value is -2.86. The van der Waals surface area contributed by atoms with Crippen LogP contribution in [0.4, 0.5) is 5.69 Å². The number of nitrogens with one attached hydrogen (secondary N) is 1. The molecule has 0 spiro atoms. The maximum atomic E-state index is 10.9. The summed E-state index contributed by atoms with van der Waals surface area (Å²) in [5.74, 6) is -0.516. The average Bonchev–Trinajstić information content (AvgIpc) is 2.31. The third-order valence-corrected chi connectivity index (χ3v) is 2.01. The Morgan fingerprint density at radius 3 is 2.53 bits per heavy atom. The van der Waals surface area contributed by atoms with Gasteiger partial charge in [-0.1, -0.05) is 0 Å². The molecule has 0 atom stereocenters. The lowest BCUT2D eigenvalue weighted by molar-refractivity contribution is 0.1000. The van der Waals surface area contributed by atoms with Gasteiger partial charge in [-0.2, -0.15) is 15.6 Å². The zero-order valence-electron chi connectivity index (χ0n) is 9.06. The summed E-state index contributed by atoms with van der Waals surface area (Å²) >= 11 is 0. The molecule has 0 unspecified atom stereocenters. The Labute approximate surface area is 98.0 Å². The van der Waals surface area contributed by atoms with Gasteiger partial charge in [0.2, 0.25) is 11.6 Å². The molecule has 0 aliphatic carbocycles. The summed E-state index contributed by atoms with van der Waals surface area (Å²) < 4.78 is 0. The molecule has 1 aromatic rings. The number of carbonyl (C=O) groups is 1. The lowest BCUT2D eigenvalue weighted by Crippen LogP contribution is -2.11. The van der Waals surface area contributed by atoms with Crippen LogP contribution >= 0.6 is 0 Å². The highest BCUT2D eigenvalue weighted by atomic mass is 16.1. The number of rotatable bonds is 3. The molecule has 1 amide bonds. The van der Waals surface area contributed by atoms with Gasteiger partial charge in [0.05, 0.1) is 5.69 Å². The monoisotopic (exact) mass is 227 g/mol. The van der Waals surface area contributed by atoms with Gasteiger partial charge in [-0.25, -0.2) is 0 Å². The first-order valence-corrected chi connectivity index (χ1v) is 4.63. The van der Waals surface area contributed by atoms with Crippen LogP contribution in [0.3, 0.4) is 0 Å². The van der Waals surface area contributed by atoms with Crippen molar-refractivity contribution in [1.29, 1.82) is 10.5 Å². The molecule has 0 aromatic heterocycles. The molecule has 0 fully saturated rings. The number of hydrogen-bond acceptors (Lipinski definition) is 5. The number of primary amides is 1. The van der Waals surface area contributed by atoms with Crippen molar-refractivity contribution in [3.05, 3.63) is 29.3 Å². The first kappa shape index (κ1) is 12.2. The second-order valence-electron chi connectivity index (χ2n) is 3.19. The second-order valence-corrected chi connectivity index (χ2v) is 3.19. The van der Waals surface area contributed by atoms with Gasteiger partial charge in [-0.05, 0) is 30.7 Å². The van der Waals surface area contributed by atoms with Crippen LogP contribution in [0, 0.1) is 29.6 Å². The van der Waals surface area contributed by atoms with E-state index in [9.17, 15) is 4.79 Å². The minimum Gasteiger partial charge on any atom is -0.366 e. The van der Waals surface area contributed by atoms with E-state index in [2.05, 4.69) is 10.5 Å². The molecule has 84 valence electrons. The van der Waals surface area contributed by atoms with Crippen LogP contribution in [0.25, 0.3) is 0 Å². The van der Waals surface area contributed by atoms with Crippen molar-refractivity contribution in [2.75, 3.05) is 5.43 Å². The van der Waals surface area contributed by atoms with Gasteiger partial charge in [0.15, 0.2) is 0 Å². The molecule has 0 bridgehead atoms. The molecule has 0 radical (unpaired) electrons. The summed E-state index contributed by atoms with van der Waals surface area (Å²) in [5.41, 5.74) is 9.14. The zero-order valence-corrected chi connectivity index (χ0v) is 9.06. The van der Waals surface area contributed by atoms with Crippen molar-refractivity contribution in [2.24, 2.45) is 10.8 Å². The number of nitriles is 2. The van der Waals surface area contributed by atoms with Crippen LogP contribution in [0.15, 0.2) is 23.3 Å². The minimum atomic E-state index is -0.516. The van der Waals surface area contributed by atoms with Crippen molar-refractivity contribution in [2.45, 2.75) is 6.92 Å². The van der Waals surface area contributed by atoms with E-state index in [0.717, 1.165) is 5.56 Å². The number of aryl methyl sites for hydroxylation is 1. The van der Waals surface area contributed by atoms with E-state index in [1.165, 1.54) is 6.07 Å². The Morgan fingerprint density at radius 2 is 2.06 bits per heavy atom. The van der Waals surface area contributed by atoms with Gasteiger partial charge in [0.25, 0.3) is 0 Å². The fourth-order valence-electron chi connectivity index (χ4n) is 1.13. The Morgan fingerprint density at radius 1 is 1.41 bits per heavy atom. The van der Waals surface area contributed by atoms with E-state index in [-0.39, 0.29) is 5.71 Å². The maximum absolute atomic E-state index is 10.9. The van der Waals surface area contributed by atoms with Crippen molar-refractivity contribution in [3.63, 3.8) is 0 Å². The number of benzene rings is 1. The molecule has 6 nitrogen and oxygen atoms in total. The Bertz CT molecular complexity index is 546. The Balaban J connectivity index is 2.96. The quantitative estimate of drug-likeness (QED) is 0.589. The highest BCUT2D eigenvalue weighted by molar-refractivity contribution is 6.10. The topological polar surface area (TPSA) is 115 Å². The van der Waals surface area contributed by atoms with E-state index in [1.54, 1.807) is 31.2 Å². The molecular formula is C11H9N5O. The molecule has 0 saturated carbocycles. The smallest absolute Gasteiger partial charge is 0.248 e. The average molecular weight is 227 g/mol. The zero-order chi connectivity index (χ0) is 12.8. The molecule has 6 heteroatoms. The van der Waals surface area contributed by atoms with Crippen LogP contribution in [-0.2, 0) is 0 Å². The van der Waals surface area contributed by atoms with Crippen molar-refractivity contribution < 1.29 is 4.79 Å². The number of carbonyl (C=O) groups excluding carboxylic acids is 1. The third-order valence-electron chi connectivity index (χ3n) is 2.01. The van der Waals surface area contributed by atoms with Gasteiger partial charge < -0.3 is 5.73 Å². The molecule has 17 heavy (non-hydrogen) atoms. The summed E-state index contributed by atoms with van der Waals surface area (Å²) in [6.07, 6.45) is 0. The first-order chi connectivity index (χ1) is 8.08. The predicted octanol–water partition coefficient (Wildman–Crippen LogP) is 0.909. The summed E-state index contributed by atoms with van der Waals surface area (Å²) in [6.45, 7) is 1.75. The highest BCUT2D eigenvalue weighted by Gasteiger charge is 2.03. The fraction of sp³-hybridized carbons (Fsp3) is 0.0909. The van der Waals surface area contributed by atoms with Gasteiger partial charge in [0.1, 0.15) is 12.1 Å². The molecule has 3 N–H and O–H groups in total. The summed E-state index contributed by atoms with van der Waals surface area (Å²) in [7, 11) is 0. The molecule has 0 saturated heterocycles. The molecule has 0 aliphatic rings. The maximum Gasteiger partial charge on any atom is 0.248 e. The van der Waals surface area contributed by atoms with Crippen LogP contribution in [0.1, 0.15) is 15.9 Å². The molecular weight excluding hydrogens is 218 g/mol. The van der Waals surface area contributed by atoms with Crippen LogP contribution in [0.2, 0.25) is 0 Å². The fourth-order valence-corrected chi connectivity index (χ4v) is 1.13. The standard InChI is InChI=1S/C11H9N5O/c1-7-4-8(11(14)17)2-3-10(7)16-15-9(5-12)6-13/h2-4,16H,1H3,(H2,14,17). The second kappa shape index (κ2) is 5.29. The summed E-state index contributed by atoms with van der Waals surface area (Å²) in [4.78, 5) is 10.9. The number of nitrogens with zero attached hydrogens (tertiary/aromatic N) is 3. The van der Waals surface area contributed by atoms with E-state index in [0.29, 0.717) is 11.3 Å². The van der Waals surface area contributed by atoms with Crippen molar-refractivity contribution in [3.8, 4) is 12.1 Å². The SMILES string of the molecule is Cc1cc(C(N)=O)ccc1NN=C(C#N)C#N. The van der Waals surface area contributed by atoms with Gasteiger partial charge >= 0.3 is 0 Å². The number of hydrogen-bond donors (Lipinski definition) is 2. The molecule has 1 aromatic carbocycles. The number of anilines is 1. The van der Waals surface area contributed by atoms with E-state index in [4.69, 9.17) is 16.3 Å². The van der Waals surface area contributed by atoms with Gasteiger partial charge in [-0.3, -0.25) is 10.2 Å². The normalized spacial score (nSPS) is 8.65. The van der Waals surface area contributed by atoms with Crippen molar-refractivity contribution >= 4 is 17.3 Å². The lowest BCUT2D eigenvalue weighted by Gasteiger charge is -2.05. The predicted molar refractivity (Wildman–Crippen MR) is 62.0 cm³/mol. The number of amides is 1. The van der Waals surface area contributed by atoms with Gasteiger partial charge in [-0.15, -0.1) is 0 Å². The number of nitrogens with two attached hydrogens (primary N) is 1. The van der Waals surface area contributed by atoms with Gasteiger partial charge in [0, 0.05) is 5.56 Å². The first-order valence-electron chi connectivity index (χ1n) is 4.63. The van der Waals surface area contributed by atoms with E-state index >= 15 is 0 Å². The van der Waals surface area contributed by atoms with Crippen LogP contribution in [-0.4, -0.2) is 11.6 Å².